The molecule has 0 aliphatic carbocycles. The summed E-state index contributed by atoms with van der Waals surface area (Å²) in [5.74, 6) is 0.894. The van der Waals surface area contributed by atoms with Crippen molar-refractivity contribution in [3.8, 4) is 5.75 Å². The van der Waals surface area contributed by atoms with Gasteiger partial charge in [-0.1, -0.05) is 12.1 Å². The van der Waals surface area contributed by atoms with Crippen LogP contribution in [0.4, 0.5) is 0 Å². The van der Waals surface area contributed by atoms with Crippen LogP contribution in [0.15, 0.2) is 42.7 Å². The molecule has 1 N–H and O–H groups in total. The number of aromatic nitrogens is 1. The normalized spacial score (nSPS) is 18.2. The van der Waals surface area contributed by atoms with Gasteiger partial charge in [-0.3, -0.25) is 4.98 Å². The summed E-state index contributed by atoms with van der Waals surface area (Å²) in [7, 11) is 1.70. The van der Waals surface area contributed by atoms with Gasteiger partial charge in [-0.05, 0) is 41.3 Å². The zero-order valence-corrected chi connectivity index (χ0v) is 10.4. The van der Waals surface area contributed by atoms with E-state index in [2.05, 4.69) is 28.5 Å². The topological polar surface area (TPSA) is 34.1 Å². The first-order chi connectivity index (χ1) is 8.88. The van der Waals surface area contributed by atoms with Crippen molar-refractivity contribution in [1.82, 2.24) is 10.3 Å². The SMILES string of the molecule is COc1cccc(C2NCCc3ccncc32)c1. The Hall–Kier alpha value is -1.87. The van der Waals surface area contributed by atoms with E-state index in [0.29, 0.717) is 0 Å². The minimum absolute atomic E-state index is 0.220. The molecular formula is C15H16N2O. The fourth-order valence-electron chi connectivity index (χ4n) is 2.50. The maximum Gasteiger partial charge on any atom is 0.119 e. The highest BCUT2D eigenvalue weighted by molar-refractivity contribution is 5.40. The van der Waals surface area contributed by atoms with E-state index in [-0.39, 0.29) is 6.04 Å². The molecule has 3 rings (SSSR count). The monoisotopic (exact) mass is 240 g/mol. The minimum Gasteiger partial charge on any atom is -0.497 e. The van der Waals surface area contributed by atoms with Gasteiger partial charge in [0.2, 0.25) is 0 Å². The number of nitrogens with zero attached hydrogens (tertiary/aromatic N) is 1. The standard InChI is InChI=1S/C15H16N2O/c1-18-13-4-2-3-12(9-13)15-14-10-16-7-5-11(14)6-8-17-15/h2-5,7,9-10,15,17H,6,8H2,1H3. The van der Waals surface area contributed by atoms with E-state index < -0.39 is 0 Å². The van der Waals surface area contributed by atoms with Crippen molar-refractivity contribution in [3.63, 3.8) is 0 Å². The first kappa shape index (κ1) is 11.2. The molecule has 0 saturated heterocycles. The van der Waals surface area contributed by atoms with Gasteiger partial charge in [-0.15, -0.1) is 0 Å². The van der Waals surface area contributed by atoms with Gasteiger partial charge in [0.1, 0.15) is 5.75 Å². The zero-order valence-electron chi connectivity index (χ0n) is 10.4. The second kappa shape index (κ2) is 4.78. The molecule has 0 saturated carbocycles. The maximum atomic E-state index is 5.29. The van der Waals surface area contributed by atoms with Gasteiger partial charge in [0, 0.05) is 18.9 Å². The van der Waals surface area contributed by atoms with Crippen molar-refractivity contribution < 1.29 is 4.74 Å². The Kier molecular flexibility index (Phi) is 2.99. The molecule has 1 aromatic carbocycles. The average molecular weight is 240 g/mol. The summed E-state index contributed by atoms with van der Waals surface area (Å²) in [5.41, 5.74) is 3.89. The number of methoxy groups -OCH3 is 1. The summed E-state index contributed by atoms with van der Waals surface area (Å²) in [4.78, 5) is 4.25. The highest BCUT2D eigenvalue weighted by Gasteiger charge is 2.21. The molecule has 0 spiro atoms. The number of ether oxygens (including phenoxy) is 1. The fraction of sp³-hybridized carbons (Fsp3) is 0.267. The van der Waals surface area contributed by atoms with Gasteiger partial charge in [0.25, 0.3) is 0 Å². The third-order valence-electron chi connectivity index (χ3n) is 3.43. The van der Waals surface area contributed by atoms with Crippen LogP contribution in [0.2, 0.25) is 0 Å². The Morgan fingerprint density at radius 1 is 1.33 bits per heavy atom. The third kappa shape index (κ3) is 1.97. The summed E-state index contributed by atoms with van der Waals surface area (Å²) in [5, 5.41) is 3.55. The van der Waals surface area contributed by atoms with Crippen LogP contribution in [0.25, 0.3) is 0 Å². The van der Waals surface area contributed by atoms with Crippen LogP contribution >= 0.6 is 0 Å². The molecule has 0 radical (unpaired) electrons. The highest BCUT2D eigenvalue weighted by atomic mass is 16.5. The molecule has 3 nitrogen and oxygen atoms in total. The molecule has 1 aliphatic rings. The predicted molar refractivity (Wildman–Crippen MR) is 70.8 cm³/mol. The fourth-order valence-corrected chi connectivity index (χ4v) is 2.50. The quantitative estimate of drug-likeness (QED) is 0.874. The smallest absolute Gasteiger partial charge is 0.119 e. The molecule has 0 fully saturated rings. The first-order valence-corrected chi connectivity index (χ1v) is 6.18. The lowest BCUT2D eigenvalue weighted by atomic mass is 9.91. The molecule has 0 amide bonds. The third-order valence-corrected chi connectivity index (χ3v) is 3.43. The van der Waals surface area contributed by atoms with Crippen molar-refractivity contribution in [2.24, 2.45) is 0 Å². The molecular weight excluding hydrogens is 224 g/mol. The van der Waals surface area contributed by atoms with Crippen LogP contribution in [0.5, 0.6) is 5.75 Å². The van der Waals surface area contributed by atoms with Crippen molar-refractivity contribution in [3.05, 3.63) is 59.4 Å². The summed E-state index contributed by atoms with van der Waals surface area (Å²) in [6, 6.07) is 10.5. The van der Waals surface area contributed by atoms with Crippen LogP contribution < -0.4 is 10.1 Å². The highest BCUT2D eigenvalue weighted by Crippen LogP contribution is 2.29. The summed E-state index contributed by atoms with van der Waals surface area (Å²) in [6.07, 6.45) is 4.90. The molecule has 1 atom stereocenters. The van der Waals surface area contributed by atoms with Crippen molar-refractivity contribution in [2.75, 3.05) is 13.7 Å². The second-order valence-electron chi connectivity index (χ2n) is 4.49. The molecule has 2 aromatic rings. The molecule has 3 heteroatoms. The molecule has 0 bridgehead atoms. The lowest BCUT2D eigenvalue weighted by Gasteiger charge is -2.27. The molecule has 1 aliphatic heterocycles. The molecule has 2 heterocycles. The van der Waals surface area contributed by atoms with Crippen molar-refractivity contribution >= 4 is 0 Å². The van der Waals surface area contributed by atoms with Gasteiger partial charge < -0.3 is 10.1 Å². The number of nitrogens with one attached hydrogen (secondary N) is 1. The number of fused-ring (bicyclic) bond motifs is 1. The van der Waals surface area contributed by atoms with Gasteiger partial charge in [0.15, 0.2) is 0 Å². The van der Waals surface area contributed by atoms with Crippen molar-refractivity contribution in [2.45, 2.75) is 12.5 Å². The summed E-state index contributed by atoms with van der Waals surface area (Å²) < 4.78 is 5.29. The number of hydrogen-bond acceptors (Lipinski definition) is 3. The van der Waals surface area contributed by atoms with Crippen LogP contribution in [0.3, 0.4) is 0 Å². The molecule has 1 aromatic heterocycles. The summed E-state index contributed by atoms with van der Waals surface area (Å²) in [6.45, 7) is 0.999. The second-order valence-corrected chi connectivity index (χ2v) is 4.49. The first-order valence-electron chi connectivity index (χ1n) is 6.18. The number of hydrogen-bond donors (Lipinski definition) is 1. The number of benzene rings is 1. The Labute approximate surface area is 107 Å². The van der Waals surface area contributed by atoms with E-state index in [1.54, 1.807) is 7.11 Å². The number of rotatable bonds is 2. The maximum absolute atomic E-state index is 5.29. The Morgan fingerprint density at radius 2 is 2.28 bits per heavy atom. The van der Waals surface area contributed by atoms with Gasteiger partial charge in [-0.25, -0.2) is 0 Å². The number of pyridine rings is 1. The lowest BCUT2D eigenvalue weighted by Crippen LogP contribution is -2.30. The zero-order chi connectivity index (χ0) is 12.4. The van der Waals surface area contributed by atoms with E-state index in [4.69, 9.17) is 4.74 Å². The molecule has 1 unspecified atom stereocenters. The molecule has 92 valence electrons. The Bertz CT molecular complexity index is 554. The van der Waals surface area contributed by atoms with E-state index in [1.165, 1.54) is 16.7 Å². The summed E-state index contributed by atoms with van der Waals surface area (Å²) >= 11 is 0. The van der Waals surface area contributed by atoms with Crippen LogP contribution in [-0.4, -0.2) is 18.6 Å². The minimum atomic E-state index is 0.220. The molecule has 18 heavy (non-hydrogen) atoms. The Morgan fingerprint density at radius 3 is 3.17 bits per heavy atom. The predicted octanol–water partition coefficient (Wildman–Crippen LogP) is 2.33. The van der Waals surface area contributed by atoms with E-state index in [9.17, 15) is 0 Å². The van der Waals surface area contributed by atoms with Gasteiger partial charge in [0.05, 0.1) is 13.2 Å². The van der Waals surface area contributed by atoms with Gasteiger partial charge >= 0.3 is 0 Å². The van der Waals surface area contributed by atoms with E-state index in [0.717, 1.165) is 18.7 Å². The van der Waals surface area contributed by atoms with Crippen LogP contribution in [-0.2, 0) is 6.42 Å². The van der Waals surface area contributed by atoms with Crippen LogP contribution in [0.1, 0.15) is 22.7 Å². The van der Waals surface area contributed by atoms with E-state index in [1.807, 2.05) is 24.5 Å². The van der Waals surface area contributed by atoms with Gasteiger partial charge in [-0.2, -0.15) is 0 Å². The lowest BCUT2D eigenvalue weighted by molar-refractivity contribution is 0.413. The van der Waals surface area contributed by atoms with Crippen LogP contribution in [0, 0.1) is 0 Å². The Balaban J connectivity index is 2.02. The van der Waals surface area contributed by atoms with Crippen molar-refractivity contribution in [1.29, 1.82) is 0 Å². The van der Waals surface area contributed by atoms with E-state index >= 15 is 0 Å². The average Bonchev–Trinajstić information content (AvgIpc) is 2.47. The largest absolute Gasteiger partial charge is 0.497 e.